The fraction of sp³-hybridized carbons (Fsp3) is 0.368. The minimum absolute atomic E-state index is 0.183. The molecule has 110 valence electrons. The first-order chi connectivity index (χ1) is 10.3. The number of benzene rings is 2. The van der Waals surface area contributed by atoms with Crippen LogP contribution in [0.3, 0.4) is 0 Å². The highest BCUT2D eigenvalue weighted by Crippen LogP contribution is 2.27. The predicted molar refractivity (Wildman–Crippen MR) is 85.8 cm³/mol. The molecule has 2 aromatic carbocycles. The smallest absolute Gasteiger partial charge is 0.0695 e. The van der Waals surface area contributed by atoms with Crippen LogP contribution >= 0.6 is 0 Å². The minimum Gasteiger partial charge on any atom is -0.391 e. The van der Waals surface area contributed by atoms with Crippen LogP contribution in [0.1, 0.15) is 30.4 Å². The van der Waals surface area contributed by atoms with Crippen molar-refractivity contribution in [3.63, 3.8) is 0 Å². The van der Waals surface area contributed by atoms with Gasteiger partial charge in [0.25, 0.3) is 0 Å². The molecule has 2 heteroatoms. The number of hydrogen-bond donors (Lipinski definition) is 1. The maximum atomic E-state index is 10.3. The van der Waals surface area contributed by atoms with Gasteiger partial charge in [-0.05, 0) is 30.4 Å². The van der Waals surface area contributed by atoms with E-state index < -0.39 is 0 Å². The zero-order valence-corrected chi connectivity index (χ0v) is 12.4. The lowest BCUT2D eigenvalue weighted by Gasteiger charge is -2.31. The van der Waals surface area contributed by atoms with Gasteiger partial charge in [0.15, 0.2) is 0 Å². The van der Waals surface area contributed by atoms with Crippen molar-refractivity contribution in [1.29, 1.82) is 0 Å². The average Bonchev–Trinajstić information content (AvgIpc) is 2.95. The molecule has 1 N–H and O–H groups in total. The SMILES string of the molecule is O[C@H]1CCC[C@H]1N(Cc1ccccc1)Cc1ccccc1. The maximum Gasteiger partial charge on any atom is 0.0695 e. The van der Waals surface area contributed by atoms with Gasteiger partial charge < -0.3 is 5.11 Å². The third-order valence-electron chi connectivity index (χ3n) is 4.37. The normalized spacial score (nSPS) is 21.8. The lowest BCUT2D eigenvalue weighted by Crippen LogP contribution is -2.39. The fourth-order valence-electron chi connectivity index (χ4n) is 3.27. The molecule has 0 bridgehead atoms. The van der Waals surface area contributed by atoms with E-state index in [0.717, 1.165) is 32.4 Å². The van der Waals surface area contributed by atoms with Gasteiger partial charge in [-0.1, -0.05) is 60.7 Å². The second-order valence-electron chi connectivity index (χ2n) is 5.94. The Morgan fingerprint density at radius 1 is 0.810 bits per heavy atom. The van der Waals surface area contributed by atoms with Crippen molar-refractivity contribution < 1.29 is 5.11 Å². The Morgan fingerprint density at radius 3 is 1.76 bits per heavy atom. The second-order valence-corrected chi connectivity index (χ2v) is 5.94. The third-order valence-corrected chi connectivity index (χ3v) is 4.37. The zero-order valence-electron chi connectivity index (χ0n) is 12.4. The zero-order chi connectivity index (χ0) is 14.5. The van der Waals surface area contributed by atoms with E-state index in [0.29, 0.717) is 0 Å². The molecule has 2 nitrogen and oxygen atoms in total. The summed E-state index contributed by atoms with van der Waals surface area (Å²) in [6, 6.07) is 21.4. The molecule has 21 heavy (non-hydrogen) atoms. The van der Waals surface area contributed by atoms with Crippen LogP contribution in [0, 0.1) is 0 Å². The summed E-state index contributed by atoms with van der Waals surface area (Å²) in [4.78, 5) is 2.43. The molecule has 2 aromatic rings. The lowest BCUT2D eigenvalue weighted by molar-refractivity contribution is 0.0609. The van der Waals surface area contributed by atoms with Crippen LogP contribution in [0.4, 0.5) is 0 Å². The lowest BCUT2D eigenvalue weighted by atomic mass is 10.1. The minimum atomic E-state index is -0.183. The first-order valence-corrected chi connectivity index (χ1v) is 7.83. The van der Waals surface area contributed by atoms with Gasteiger partial charge in [-0.15, -0.1) is 0 Å². The summed E-state index contributed by atoms with van der Waals surface area (Å²) < 4.78 is 0. The Labute approximate surface area is 127 Å². The molecule has 1 fully saturated rings. The molecule has 0 aliphatic heterocycles. The molecule has 0 radical (unpaired) electrons. The maximum absolute atomic E-state index is 10.3. The molecule has 3 rings (SSSR count). The molecule has 0 amide bonds. The van der Waals surface area contributed by atoms with Crippen molar-refractivity contribution in [3.05, 3.63) is 71.8 Å². The van der Waals surface area contributed by atoms with Gasteiger partial charge in [-0.25, -0.2) is 0 Å². The van der Waals surface area contributed by atoms with Crippen molar-refractivity contribution >= 4 is 0 Å². The summed E-state index contributed by atoms with van der Waals surface area (Å²) in [6.07, 6.45) is 2.98. The largest absolute Gasteiger partial charge is 0.391 e. The van der Waals surface area contributed by atoms with Crippen molar-refractivity contribution in [2.45, 2.75) is 44.5 Å². The molecule has 1 aliphatic carbocycles. The van der Waals surface area contributed by atoms with Crippen LogP contribution in [-0.4, -0.2) is 22.2 Å². The van der Waals surface area contributed by atoms with Crippen LogP contribution in [0.15, 0.2) is 60.7 Å². The first-order valence-electron chi connectivity index (χ1n) is 7.83. The molecule has 1 saturated carbocycles. The summed E-state index contributed by atoms with van der Waals surface area (Å²) in [5.41, 5.74) is 2.63. The predicted octanol–water partition coefficient (Wildman–Crippen LogP) is 3.60. The van der Waals surface area contributed by atoms with Crippen molar-refractivity contribution in [2.75, 3.05) is 0 Å². The molecular weight excluding hydrogens is 258 g/mol. The molecule has 1 aliphatic rings. The summed E-state index contributed by atoms with van der Waals surface area (Å²) in [7, 11) is 0. The van der Waals surface area contributed by atoms with Gasteiger partial charge >= 0.3 is 0 Å². The van der Waals surface area contributed by atoms with Crippen LogP contribution in [0.5, 0.6) is 0 Å². The number of hydrogen-bond acceptors (Lipinski definition) is 2. The Morgan fingerprint density at radius 2 is 1.33 bits per heavy atom. The summed E-state index contributed by atoms with van der Waals surface area (Å²) in [6.45, 7) is 1.80. The van der Waals surface area contributed by atoms with Crippen LogP contribution in [-0.2, 0) is 13.1 Å². The van der Waals surface area contributed by atoms with Crippen molar-refractivity contribution in [3.8, 4) is 0 Å². The van der Waals surface area contributed by atoms with E-state index in [1.54, 1.807) is 0 Å². The molecule has 0 spiro atoms. The number of aliphatic hydroxyl groups excluding tert-OH is 1. The van der Waals surface area contributed by atoms with E-state index in [-0.39, 0.29) is 12.1 Å². The molecule has 0 saturated heterocycles. The third kappa shape index (κ3) is 3.72. The van der Waals surface area contributed by atoms with E-state index >= 15 is 0 Å². The molecular formula is C19H23NO. The summed E-state index contributed by atoms with van der Waals surface area (Å²) in [5, 5.41) is 10.3. The van der Waals surface area contributed by atoms with Crippen LogP contribution < -0.4 is 0 Å². The fourth-order valence-corrected chi connectivity index (χ4v) is 3.27. The molecule has 0 unspecified atom stereocenters. The highest BCUT2D eigenvalue weighted by molar-refractivity contribution is 5.17. The van der Waals surface area contributed by atoms with Gasteiger partial charge in [-0.2, -0.15) is 0 Å². The van der Waals surface area contributed by atoms with Gasteiger partial charge in [0.1, 0.15) is 0 Å². The van der Waals surface area contributed by atoms with Crippen LogP contribution in [0.25, 0.3) is 0 Å². The van der Waals surface area contributed by atoms with Gasteiger partial charge in [0.2, 0.25) is 0 Å². The van der Waals surface area contributed by atoms with E-state index in [9.17, 15) is 5.11 Å². The van der Waals surface area contributed by atoms with Gasteiger partial charge in [0, 0.05) is 19.1 Å². The van der Waals surface area contributed by atoms with Gasteiger partial charge in [0.05, 0.1) is 6.10 Å². The van der Waals surface area contributed by atoms with Gasteiger partial charge in [-0.3, -0.25) is 4.90 Å². The summed E-state index contributed by atoms with van der Waals surface area (Å²) in [5.74, 6) is 0. The van der Waals surface area contributed by atoms with E-state index in [1.807, 2.05) is 0 Å². The van der Waals surface area contributed by atoms with E-state index in [1.165, 1.54) is 11.1 Å². The average molecular weight is 281 g/mol. The Balaban J connectivity index is 1.77. The number of aliphatic hydroxyl groups is 1. The van der Waals surface area contributed by atoms with E-state index in [4.69, 9.17) is 0 Å². The highest BCUT2D eigenvalue weighted by Gasteiger charge is 2.30. The topological polar surface area (TPSA) is 23.5 Å². The first kappa shape index (κ1) is 14.3. The standard InChI is InChI=1S/C19H23NO/c21-19-13-7-12-18(19)20(14-16-8-3-1-4-9-16)15-17-10-5-2-6-11-17/h1-6,8-11,18-19,21H,7,12-15H2/t18-,19+/m1/s1. The Bertz CT molecular complexity index is 499. The second kappa shape index (κ2) is 6.88. The Hall–Kier alpha value is -1.64. The molecule has 0 heterocycles. The molecule has 2 atom stereocenters. The number of rotatable bonds is 5. The summed E-state index contributed by atoms with van der Waals surface area (Å²) >= 11 is 0. The quantitative estimate of drug-likeness (QED) is 0.905. The highest BCUT2D eigenvalue weighted by atomic mass is 16.3. The van der Waals surface area contributed by atoms with Crippen molar-refractivity contribution in [1.82, 2.24) is 4.90 Å². The van der Waals surface area contributed by atoms with E-state index in [2.05, 4.69) is 65.6 Å². The molecule has 0 aromatic heterocycles. The number of nitrogens with zero attached hydrogens (tertiary/aromatic N) is 1. The monoisotopic (exact) mass is 281 g/mol. The van der Waals surface area contributed by atoms with Crippen molar-refractivity contribution in [2.24, 2.45) is 0 Å². The van der Waals surface area contributed by atoms with Crippen LogP contribution in [0.2, 0.25) is 0 Å². The Kier molecular flexibility index (Phi) is 4.69.